The second kappa shape index (κ2) is 5.94. The minimum Gasteiger partial charge on any atom is -0.394 e. The number of aliphatic hydroxyl groups is 1. The maximum Gasteiger partial charge on any atom is 0.227 e. The van der Waals surface area contributed by atoms with E-state index in [1.807, 2.05) is 45.0 Å². The first-order valence-corrected chi connectivity index (χ1v) is 7.01. The van der Waals surface area contributed by atoms with E-state index >= 15 is 0 Å². The molecule has 1 aliphatic heterocycles. The van der Waals surface area contributed by atoms with Gasteiger partial charge in [-0.25, -0.2) is 0 Å². The van der Waals surface area contributed by atoms with E-state index in [9.17, 15) is 9.90 Å². The van der Waals surface area contributed by atoms with Crippen LogP contribution in [0.5, 0.6) is 0 Å². The van der Waals surface area contributed by atoms with E-state index in [0.29, 0.717) is 19.5 Å². The van der Waals surface area contributed by atoms with Crippen LogP contribution in [0.3, 0.4) is 0 Å². The molecule has 1 heterocycles. The molecule has 1 amide bonds. The van der Waals surface area contributed by atoms with Gasteiger partial charge in [0.1, 0.15) is 0 Å². The number of carbonyl (C=O) groups excluding carboxylic acids is 1. The first-order chi connectivity index (χ1) is 9.39. The number of benzene rings is 1. The Labute approximate surface area is 120 Å². The summed E-state index contributed by atoms with van der Waals surface area (Å²) >= 11 is 0. The lowest BCUT2D eigenvalue weighted by Gasteiger charge is -2.42. The van der Waals surface area contributed by atoms with E-state index in [4.69, 9.17) is 4.74 Å². The van der Waals surface area contributed by atoms with Crippen molar-refractivity contribution >= 4 is 5.91 Å². The Morgan fingerprint density at radius 3 is 2.65 bits per heavy atom. The molecule has 1 aromatic carbocycles. The summed E-state index contributed by atoms with van der Waals surface area (Å²) in [6, 6.07) is 8.01. The second-order valence-electron chi connectivity index (χ2n) is 6.12. The smallest absolute Gasteiger partial charge is 0.227 e. The number of aryl methyl sites for hydroxylation is 1. The lowest BCUT2D eigenvalue weighted by molar-refractivity contribution is -0.166. The molecular weight excluding hydrogens is 254 g/mol. The molecule has 0 saturated carbocycles. The van der Waals surface area contributed by atoms with Crippen LogP contribution in [-0.2, 0) is 16.0 Å². The van der Waals surface area contributed by atoms with Crippen LogP contribution >= 0.6 is 0 Å². The van der Waals surface area contributed by atoms with Gasteiger partial charge in [-0.3, -0.25) is 4.79 Å². The van der Waals surface area contributed by atoms with Crippen LogP contribution in [0, 0.1) is 6.92 Å². The van der Waals surface area contributed by atoms with E-state index in [1.54, 1.807) is 4.90 Å². The third-order valence-electron chi connectivity index (χ3n) is 3.51. The van der Waals surface area contributed by atoms with Gasteiger partial charge in [0, 0.05) is 13.1 Å². The zero-order chi connectivity index (χ0) is 14.8. The van der Waals surface area contributed by atoms with E-state index < -0.39 is 5.60 Å². The molecule has 1 fully saturated rings. The molecule has 1 unspecified atom stereocenters. The van der Waals surface area contributed by atoms with Gasteiger partial charge in [0.05, 0.1) is 24.7 Å². The molecule has 0 aromatic heterocycles. The highest BCUT2D eigenvalue weighted by Crippen LogP contribution is 2.21. The van der Waals surface area contributed by atoms with Gasteiger partial charge in [-0.1, -0.05) is 29.8 Å². The number of amides is 1. The highest BCUT2D eigenvalue weighted by Gasteiger charge is 2.35. The van der Waals surface area contributed by atoms with Gasteiger partial charge in [-0.15, -0.1) is 0 Å². The van der Waals surface area contributed by atoms with Crippen molar-refractivity contribution in [1.29, 1.82) is 0 Å². The zero-order valence-corrected chi connectivity index (χ0v) is 12.4. The number of rotatable bonds is 3. The van der Waals surface area contributed by atoms with Crippen LogP contribution in [0.25, 0.3) is 0 Å². The highest BCUT2D eigenvalue weighted by atomic mass is 16.5. The van der Waals surface area contributed by atoms with Crippen molar-refractivity contribution in [3.05, 3.63) is 35.4 Å². The second-order valence-corrected chi connectivity index (χ2v) is 6.12. The first-order valence-electron chi connectivity index (χ1n) is 7.01. The topological polar surface area (TPSA) is 49.8 Å². The lowest BCUT2D eigenvalue weighted by atomic mass is 10.0. The molecule has 4 heteroatoms. The summed E-state index contributed by atoms with van der Waals surface area (Å²) in [4.78, 5) is 14.2. The van der Waals surface area contributed by atoms with Crippen molar-refractivity contribution < 1.29 is 14.6 Å². The number of aliphatic hydroxyl groups excluding tert-OH is 1. The molecule has 2 rings (SSSR count). The summed E-state index contributed by atoms with van der Waals surface area (Å²) in [5, 5.41) is 9.28. The number of hydrogen-bond acceptors (Lipinski definition) is 3. The summed E-state index contributed by atoms with van der Waals surface area (Å²) in [6.45, 7) is 6.89. The predicted molar refractivity (Wildman–Crippen MR) is 77.5 cm³/mol. The minimum absolute atomic E-state index is 0.0578. The molecule has 0 radical (unpaired) electrons. The minimum atomic E-state index is -0.408. The molecule has 110 valence electrons. The largest absolute Gasteiger partial charge is 0.394 e. The fourth-order valence-corrected chi connectivity index (χ4v) is 2.57. The summed E-state index contributed by atoms with van der Waals surface area (Å²) < 4.78 is 5.73. The lowest BCUT2D eigenvalue weighted by Crippen LogP contribution is -2.55. The van der Waals surface area contributed by atoms with Gasteiger partial charge in [-0.2, -0.15) is 0 Å². The van der Waals surface area contributed by atoms with Crippen LogP contribution in [0.4, 0.5) is 0 Å². The van der Waals surface area contributed by atoms with Gasteiger partial charge < -0.3 is 14.7 Å². The number of carbonyl (C=O) groups is 1. The summed E-state index contributed by atoms with van der Waals surface area (Å²) in [7, 11) is 0. The van der Waals surface area contributed by atoms with Crippen LogP contribution in [-0.4, -0.2) is 47.3 Å². The van der Waals surface area contributed by atoms with Gasteiger partial charge in [0.2, 0.25) is 5.91 Å². The molecule has 1 N–H and O–H groups in total. The quantitative estimate of drug-likeness (QED) is 0.911. The van der Waals surface area contributed by atoms with Gasteiger partial charge in [0.15, 0.2) is 0 Å². The molecule has 1 atom stereocenters. The Morgan fingerprint density at radius 1 is 1.40 bits per heavy atom. The van der Waals surface area contributed by atoms with Crippen LogP contribution < -0.4 is 0 Å². The average molecular weight is 277 g/mol. The first kappa shape index (κ1) is 15.0. The van der Waals surface area contributed by atoms with Crippen LogP contribution in [0.2, 0.25) is 0 Å². The van der Waals surface area contributed by atoms with Crippen molar-refractivity contribution in [3.63, 3.8) is 0 Å². The molecule has 0 aliphatic carbocycles. The number of ether oxygens (including phenoxy) is 1. The predicted octanol–water partition coefficient (Wildman–Crippen LogP) is 1.54. The molecule has 1 aliphatic rings. The molecule has 0 spiro atoms. The van der Waals surface area contributed by atoms with Crippen molar-refractivity contribution in [1.82, 2.24) is 4.90 Å². The van der Waals surface area contributed by atoms with E-state index in [0.717, 1.165) is 5.56 Å². The Bertz CT molecular complexity index is 467. The van der Waals surface area contributed by atoms with Crippen LogP contribution in [0.15, 0.2) is 24.3 Å². The maximum absolute atomic E-state index is 12.4. The Balaban J connectivity index is 2.02. The fourth-order valence-electron chi connectivity index (χ4n) is 2.57. The number of morpholine rings is 1. The highest BCUT2D eigenvalue weighted by molar-refractivity contribution is 5.79. The van der Waals surface area contributed by atoms with E-state index in [1.165, 1.54) is 5.56 Å². The third kappa shape index (κ3) is 3.81. The zero-order valence-electron chi connectivity index (χ0n) is 12.4. The van der Waals surface area contributed by atoms with Gasteiger partial charge >= 0.3 is 0 Å². The van der Waals surface area contributed by atoms with Crippen molar-refractivity contribution in [2.24, 2.45) is 0 Å². The SMILES string of the molecule is Cc1ccc(CC(=O)N2CC(CO)OC(C)(C)C2)cc1. The molecule has 0 bridgehead atoms. The standard InChI is InChI=1S/C16H23NO3/c1-12-4-6-13(7-5-12)8-15(19)17-9-14(10-18)20-16(2,3)11-17/h4-7,14,18H,8-11H2,1-3H3. The fraction of sp³-hybridized carbons (Fsp3) is 0.562. The molecule has 20 heavy (non-hydrogen) atoms. The normalized spacial score (nSPS) is 21.8. The summed E-state index contributed by atoms with van der Waals surface area (Å²) in [5.74, 6) is 0.0867. The molecule has 1 aromatic rings. The maximum atomic E-state index is 12.4. The van der Waals surface area contributed by atoms with Crippen LogP contribution in [0.1, 0.15) is 25.0 Å². The molecule has 4 nitrogen and oxygen atoms in total. The summed E-state index contributed by atoms with van der Waals surface area (Å²) in [6.07, 6.45) is 0.106. The van der Waals surface area contributed by atoms with Crippen molar-refractivity contribution in [3.8, 4) is 0 Å². The van der Waals surface area contributed by atoms with E-state index in [2.05, 4.69) is 0 Å². The van der Waals surface area contributed by atoms with Gasteiger partial charge in [-0.05, 0) is 26.3 Å². The summed E-state index contributed by atoms with van der Waals surface area (Å²) in [5.41, 5.74) is 1.80. The van der Waals surface area contributed by atoms with E-state index in [-0.39, 0.29) is 18.6 Å². The average Bonchev–Trinajstić information content (AvgIpc) is 2.39. The molecular formula is C16H23NO3. The Hall–Kier alpha value is -1.39. The number of nitrogens with zero attached hydrogens (tertiary/aromatic N) is 1. The Kier molecular flexibility index (Phi) is 4.45. The number of hydrogen-bond donors (Lipinski definition) is 1. The van der Waals surface area contributed by atoms with Crippen molar-refractivity contribution in [2.45, 2.75) is 38.9 Å². The Morgan fingerprint density at radius 2 is 2.05 bits per heavy atom. The van der Waals surface area contributed by atoms with Gasteiger partial charge in [0.25, 0.3) is 0 Å². The van der Waals surface area contributed by atoms with Crippen molar-refractivity contribution in [2.75, 3.05) is 19.7 Å². The third-order valence-corrected chi connectivity index (χ3v) is 3.51. The monoisotopic (exact) mass is 277 g/mol. The molecule has 1 saturated heterocycles.